The molecule has 3 heteroatoms. The predicted octanol–water partition coefficient (Wildman–Crippen LogP) is 4.52. The molecule has 0 aliphatic carbocycles. The second-order valence-corrected chi connectivity index (χ2v) is 5.10. The molecule has 2 aromatic rings. The van der Waals surface area contributed by atoms with Crippen molar-refractivity contribution in [1.82, 2.24) is 0 Å². The van der Waals surface area contributed by atoms with Crippen molar-refractivity contribution in [1.29, 1.82) is 0 Å². The summed E-state index contributed by atoms with van der Waals surface area (Å²) in [5.74, 6) is -0.616. The van der Waals surface area contributed by atoms with Gasteiger partial charge < -0.3 is 0 Å². The van der Waals surface area contributed by atoms with Crippen LogP contribution in [0.1, 0.15) is 27.0 Å². The van der Waals surface area contributed by atoms with E-state index < -0.39 is 5.82 Å². The largest absolute Gasteiger partial charge is 0.294 e. The van der Waals surface area contributed by atoms with Gasteiger partial charge in [0, 0.05) is 12.0 Å². The van der Waals surface area contributed by atoms with Crippen LogP contribution in [0.4, 0.5) is 4.39 Å². The molecule has 0 saturated heterocycles. The molecule has 0 aromatic heterocycles. The van der Waals surface area contributed by atoms with E-state index in [0.29, 0.717) is 11.1 Å². The number of carbonyl (C=O) groups excluding carboxylic acids is 1. The third-order valence-corrected chi connectivity index (χ3v) is 3.22. The van der Waals surface area contributed by atoms with Gasteiger partial charge in [-0.3, -0.25) is 4.79 Å². The number of rotatable bonds is 3. The van der Waals surface area contributed by atoms with Crippen LogP contribution < -0.4 is 0 Å². The molecule has 0 heterocycles. The molecule has 0 radical (unpaired) electrons. The molecule has 0 amide bonds. The molecular weight excluding hydrogens is 263 g/mol. The van der Waals surface area contributed by atoms with E-state index in [4.69, 9.17) is 11.6 Å². The van der Waals surface area contributed by atoms with Crippen LogP contribution >= 0.6 is 11.6 Å². The van der Waals surface area contributed by atoms with Gasteiger partial charge in [-0.2, -0.15) is 0 Å². The molecule has 1 nitrogen and oxygen atoms in total. The Hall–Kier alpha value is -1.67. The minimum absolute atomic E-state index is 0.0231. The molecular formula is C16H14ClFO. The summed E-state index contributed by atoms with van der Waals surface area (Å²) < 4.78 is 13.8. The lowest BCUT2D eigenvalue weighted by atomic mass is 9.99. The lowest BCUT2D eigenvalue weighted by Crippen LogP contribution is -2.06. The first kappa shape index (κ1) is 13.8. The maximum absolute atomic E-state index is 13.8. The second-order valence-electron chi connectivity index (χ2n) is 4.69. The minimum atomic E-state index is -0.512. The summed E-state index contributed by atoms with van der Waals surface area (Å²) in [6, 6.07) is 10.3. The van der Waals surface area contributed by atoms with Crippen LogP contribution in [0.2, 0.25) is 5.02 Å². The zero-order valence-electron chi connectivity index (χ0n) is 10.8. The smallest absolute Gasteiger partial charge is 0.167 e. The van der Waals surface area contributed by atoms with E-state index in [1.807, 2.05) is 32.0 Å². The van der Waals surface area contributed by atoms with Crippen molar-refractivity contribution in [3.63, 3.8) is 0 Å². The summed E-state index contributed by atoms with van der Waals surface area (Å²) in [5, 5.41) is 0.0470. The zero-order valence-corrected chi connectivity index (χ0v) is 11.6. The van der Waals surface area contributed by atoms with E-state index in [9.17, 15) is 9.18 Å². The Morgan fingerprint density at radius 1 is 1.16 bits per heavy atom. The number of benzene rings is 2. The van der Waals surface area contributed by atoms with Gasteiger partial charge in [-0.15, -0.1) is 0 Å². The first-order valence-corrected chi connectivity index (χ1v) is 6.39. The zero-order chi connectivity index (χ0) is 14.0. The van der Waals surface area contributed by atoms with E-state index >= 15 is 0 Å². The van der Waals surface area contributed by atoms with Crippen molar-refractivity contribution >= 4 is 17.4 Å². The summed E-state index contributed by atoms with van der Waals surface area (Å²) in [4.78, 5) is 12.2. The molecule has 0 bridgehead atoms. The van der Waals surface area contributed by atoms with Gasteiger partial charge in [0.05, 0.1) is 5.02 Å². The summed E-state index contributed by atoms with van der Waals surface area (Å²) in [6.45, 7) is 3.87. The van der Waals surface area contributed by atoms with Crippen molar-refractivity contribution in [2.24, 2.45) is 0 Å². The van der Waals surface area contributed by atoms with Crippen molar-refractivity contribution in [3.8, 4) is 0 Å². The number of Topliss-reactive ketones (excluding diaryl/α,β-unsaturated/α-hetero) is 1. The number of ketones is 1. The summed E-state index contributed by atoms with van der Waals surface area (Å²) in [6.07, 6.45) is 0.0231. The fourth-order valence-corrected chi connectivity index (χ4v) is 2.29. The fourth-order valence-electron chi connectivity index (χ4n) is 2.10. The molecule has 0 saturated carbocycles. The van der Waals surface area contributed by atoms with E-state index in [1.54, 1.807) is 12.1 Å². The molecule has 0 aliphatic heterocycles. The quantitative estimate of drug-likeness (QED) is 0.753. The third-order valence-electron chi connectivity index (χ3n) is 2.93. The van der Waals surface area contributed by atoms with Crippen LogP contribution in [0.5, 0.6) is 0 Å². The molecule has 0 spiro atoms. The highest BCUT2D eigenvalue weighted by Gasteiger charge is 2.13. The SMILES string of the molecule is Cc1cc(C)cc(C(=O)Cc2cccc(Cl)c2F)c1. The highest BCUT2D eigenvalue weighted by Crippen LogP contribution is 2.20. The van der Waals surface area contributed by atoms with Crippen molar-refractivity contribution in [3.05, 3.63) is 69.5 Å². The standard InChI is InChI=1S/C16H14ClFO/c1-10-6-11(2)8-13(7-10)15(19)9-12-4-3-5-14(17)16(12)18/h3-8H,9H2,1-2H3. The predicted molar refractivity (Wildman–Crippen MR) is 75.4 cm³/mol. The number of hydrogen-bond donors (Lipinski definition) is 0. The number of hydrogen-bond acceptors (Lipinski definition) is 1. The normalized spacial score (nSPS) is 10.5. The van der Waals surface area contributed by atoms with E-state index in [2.05, 4.69) is 0 Å². The maximum atomic E-state index is 13.8. The molecule has 0 aliphatic rings. The van der Waals surface area contributed by atoms with Gasteiger partial charge in [-0.05, 0) is 37.6 Å². The highest BCUT2D eigenvalue weighted by atomic mass is 35.5. The van der Waals surface area contributed by atoms with E-state index in [-0.39, 0.29) is 17.2 Å². The van der Waals surface area contributed by atoms with Gasteiger partial charge in [-0.1, -0.05) is 40.9 Å². The number of halogens is 2. The van der Waals surface area contributed by atoms with Crippen LogP contribution in [0, 0.1) is 19.7 Å². The lowest BCUT2D eigenvalue weighted by Gasteiger charge is -2.06. The average Bonchev–Trinajstić information content (AvgIpc) is 2.33. The van der Waals surface area contributed by atoms with E-state index in [1.165, 1.54) is 6.07 Å². The number of carbonyl (C=O) groups is 1. The maximum Gasteiger partial charge on any atom is 0.167 e. The summed E-state index contributed by atoms with van der Waals surface area (Å²) in [5.41, 5.74) is 2.98. The third kappa shape index (κ3) is 3.21. The topological polar surface area (TPSA) is 17.1 Å². The Morgan fingerprint density at radius 2 is 1.79 bits per heavy atom. The average molecular weight is 277 g/mol. The molecule has 0 fully saturated rings. The van der Waals surface area contributed by atoms with Crippen molar-refractivity contribution < 1.29 is 9.18 Å². The second kappa shape index (κ2) is 5.54. The Bertz CT molecular complexity index is 614. The molecule has 19 heavy (non-hydrogen) atoms. The first-order chi connectivity index (χ1) is 8.97. The molecule has 2 rings (SSSR count). The van der Waals surface area contributed by atoms with Crippen molar-refractivity contribution in [2.75, 3.05) is 0 Å². The van der Waals surface area contributed by atoms with Crippen molar-refractivity contribution in [2.45, 2.75) is 20.3 Å². The molecule has 0 atom stereocenters. The Labute approximate surface area is 117 Å². The lowest BCUT2D eigenvalue weighted by molar-refractivity contribution is 0.0991. The Kier molecular flexibility index (Phi) is 4.01. The number of aryl methyl sites for hydroxylation is 2. The van der Waals surface area contributed by atoms with Gasteiger partial charge in [0.2, 0.25) is 0 Å². The van der Waals surface area contributed by atoms with Gasteiger partial charge in [0.25, 0.3) is 0 Å². The van der Waals surface area contributed by atoms with Gasteiger partial charge in [0.1, 0.15) is 5.82 Å². The summed E-state index contributed by atoms with van der Waals surface area (Å²) in [7, 11) is 0. The van der Waals surface area contributed by atoms with Crippen LogP contribution in [-0.4, -0.2) is 5.78 Å². The van der Waals surface area contributed by atoms with Crippen LogP contribution in [0.25, 0.3) is 0 Å². The van der Waals surface area contributed by atoms with Gasteiger partial charge in [0.15, 0.2) is 5.78 Å². The summed E-state index contributed by atoms with van der Waals surface area (Å²) >= 11 is 5.71. The van der Waals surface area contributed by atoms with Gasteiger partial charge >= 0.3 is 0 Å². The van der Waals surface area contributed by atoms with Gasteiger partial charge in [-0.25, -0.2) is 4.39 Å². The van der Waals surface area contributed by atoms with Crippen LogP contribution in [-0.2, 0) is 6.42 Å². The fraction of sp³-hybridized carbons (Fsp3) is 0.188. The minimum Gasteiger partial charge on any atom is -0.294 e. The monoisotopic (exact) mass is 276 g/mol. The molecule has 2 aromatic carbocycles. The molecule has 0 N–H and O–H groups in total. The molecule has 0 unspecified atom stereocenters. The first-order valence-electron chi connectivity index (χ1n) is 6.02. The molecule has 98 valence electrons. The van der Waals surface area contributed by atoms with Crippen LogP contribution in [0.3, 0.4) is 0 Å². The van der Waals surface area contributed by atoms with E-state index in [0.717, 1.165) is 11.1 Å². The van der Waals surface area contributed by atoms with Crippen LogP contribution in [0.15, 0.2) is 36.4 Å². The Balaban J connectivity index is 2.28. The Morgan fingerprint density at radius 3 is 2.42 bits per heavy atom. The highest BCUT2D eigenvalue weighted by molar-refractivity contribution is 6.30.